The molecule has 3 heterocycles. The number of hydrogen-bond acceptors (Lipinski definition) is 5. The number of quaternary nitrogens is 1. The first-order chi connectivity index (χ1) is 19.5. The van der Waals surface area contributed by atoms with Gasteiger partial charge < -0.3 is 14.9 Å². The van der Waals surface area contributed by atoms with Gasteiger partial charge in [0.15, 0.2) is 5.76 Å². The van der Waals surface area contributed by atoms with E-state index in [0.717, 1.165) is 64.0 Å². The molecule has 8 nitrogen and oxygen atoms in total. The number of carboxylic acids is 2. The van der Waals surface area contributed by atoms with Crippen LogP contribution in [0.25, 0.3) is 10.8 Å². The largest absolute Gasteiger partial charge is 0.480 e. The number of carboxylic acid groups (broad SMARTS) is 2. The highest BCUT2D eigenvalue weighted by atomic mass is 32.1. The monoisotopic (exact) mass is 571 g/mol. The highest BCUT2D eigenvalue weighted by Gasteiger charge is 2.64. The van der Waals surface area contributed by atoms with Crippen molar-refractivity contribution in [2.24, 2.45) is 0 Å². The minimum absolute atomic E-state index is 0.0238. The van der Waals surface area contributed by atoms with Crippen molar-refractivity contribution in [1.82, 2.24) is 9.38 Å². The molecule has 9 heteroatoms. The van der Waals surface area contributed by atoms with Gasteiger partial charge in [0, 0.05) is 11.6 Å². The number of nitrogens with zero attached hydrogens (tertiary/aromatic N) is 2. The van der Waals surface area contributed by atoms with Crippen LogP contribution in [0.2, 0.25) is 0 Å². The fourth-order valence-corrected chi connectivity index (χ4v) is 7.24. The summed E-state index contributed by atoms with van der Waals surface area (Å²) in [5, 5.41) is 21.4. The maximum Gasteiger partial charge on any atom is 0.363 e. The Morgan fingerprint density at radius 3 is 2.63 bits per heavy atom. The lowest BCUT2D eigenvalue weighted by Crippen LogP contribution is -2.68. The molecule has 0 radical (unpaired) electrons. The van der Waals surface area contributed by atoms with Crippen LogP contribution in [0.3, 0.4) is 0 Å². The maximum atomic E-state index is 12.7. The second-order valence-corrected chi connectivity index (χ2v) is 11.9. The Kier molecular flexibility index (Phi) is 6.47. The summed E-state index contributed by atoms with van der Waals surface area (Å²) in [5.41, 5.74) is 4.89. The summed E-state index contributed by atoms with van der Waals surface area (Å²) in [6, 6.07) is 12.0. The Labute approximate surface area is 243 Å². The summed E-state index contributed by atoms with van der Waals surface area (Å²) in [4.78, 5) is 37.1. The fraction of sp³-hybridized carbons (Fsp3) is 0.312. The molecule has 6 rings (SSSR count). The van der Waals surface area contributed by atoms with Crippen LogP contribution in [0.4, 0.5) is 5.69 Å². The van der Waals surface area contributed by atoms with Crippen molar-refractivity contribution < 1.29 is 29.3 Å². The minimum atomic E-state index is -1.17. The third-order valence-corrected chi connectivity index (χ3v) is 9.15. The smallest absolute Gasteiger partial charge is 0.363 e. The Balaban J connectivity index is 1.40. The third kappa shape index (κ3) is 4.22. The van der Waals surface area contributed by atoms with Crippen LogP contribution < -0.4 is 4.48 Å². The Morgan fingerprint density at radius 1 is 1.15 bits per heavy atom. The highest BCUT2D eigenvalue weighted by molar-refractivity contribution is 7.80. The highest BCUT2D eigenvalue weighted by Crippen LogP contribution is 2.59. The molecule has 2 N–H and O–H groups in total. The molecule has 1 amide bonds. The summed E-state index contributed by atoms with van der Waals surface area (Å²) in [5.74, 6) is -2.48. The van der Waals surface area contributed by atoms with Gasteiger partial charge in [0.2, 0.25) is 6.04 Å². The molecule has 2 atom stereocenters. The van der Waals surface area contributed by atoms with Crippen LogP contribution in [-0.2, 0) is 24.5 Å². The minimum Gasteiger partial charge on any atom is -0.480 e. The molecule has 0 saturated carbocycles. The predicted octanol–water partition coefficient (Wildman–Crippen LogP) is 5.33. The number of benzene rings is 2. The van der Waals surface area contributed by atoms with E-state index >= 15 is 0 Å². The zero-order valence-corrected chi connectivity index (χ0v) is 23.7. The van der Waals surface area contributed by atoms with Crippen molar-refractivity contribution in [2.75, 3.05) is 13.1 Å². The molecule has 210 valence electrons. The van der Waals surface area contributed by atoms with Gasteiger partial charge in [0.25, 0.3) is 11.1 Å². The second kappa shape index (κ2) is 9.78. The van der Waals surface area contributed by atoms with E-state index in [2.05, 4.69) is 50.3 Å². The van der Waals surface area contributed by atoms with Crippen molar-refractivity contribution in [2.45, 2.75) is 51.0 Å². The number of fused-ring (bicyclic) bond motifs is 4. The summed E-state index contributed by atoms with van der Waals surface area (Å²) < 4.78 is 5.76. The molecule has 2 aromatic carbocycles. The second-order valence-electron chi connectivity index (χ2n) is 11.6. The van der Waals surface area contributed by atoms with Crippen LogP contribution in [0.1, 0.15) is 45.1 Å². The molecule has 41 heavy (non-hydrogen) atoms. The molecule has 2 saturated heterocycles. The van der Waals surface area contributed by atoms with Gasteiger partial charge >= 0.3 is 11.9 Å². The number of allylic oxidation sites excluding steroid dienone is 7. The number of ether oxygens (including phenoxy) is 1. The maximum absolute atomic E-state index is 12.7. The third-order valence-electron chi connectivity index (χ3n) is 8.84. The van der Waals surface area contributed by atoms with Crippen LogP contribution in [-0.4, -0.2) is 57.3 Å². The molecule has 0 aromatic heterocycles. The number of carbonyl (C=O) groups excluding carboxylic acids is 1. The van der Waals surface area contributed by atoms with Crippen molar-refractivity contribution in [3.05, 3.63) is 88.9 Å². The average Bonchev–Trinajstić information content (AvgIpc) is 3.29. The van der Waals surface area contributed by atoms with Crippen molar-refractivity contribution >= 4 is 51.7 Å². The van der Waals surface area contributed by atoms with Gasteiger partial charge in [0.1, 0.15) is 17.9 Å². The predicted molar refractivity (Wildman–Crippen MR) is 159 cm³/mol. The number of hydrogen-bond donors (Lipinski definition) is 2. The molecule has 4 aliphatic rings. The van der Waals surface area contributed by atoms with Gasteiger partial charge in [0.05, 0.1) is 18.4 Å². The molecular weight excluding hydrogens is 540 g/mol. The van der Waals surface area contributed by atoms with E-state index in [1.807, 2.05) is 18.2 Å². The topological polar surface area (TPSA) is 104 Å². The van der Waals surface area contributed by atoms with Gasteiger partial charge in [-0.25, -0.2) is 9.28 Å². The number of aliphatic carboxylic acids is 2. The van der Waals surface area contributed by atoms with Gasteiger partial charge in [-0.2, -0.15) is 0 Å². The van der Waals surface area contributed by atoms with Gasteiger partial charge in [-0.3, -0.25) is 14.5 Å². The zero-order valence-electron chi connectivity index (χ0n) is 22.9. The standard InChI is InChI=1S/C32H30N2O6S/c1-32(2)26(34(15-14-24(34)30(38)39)23-12-11-21-8-3-4-9-22(21)28(23)32)13-10-19-6-5-7-20(16-19)17-25-29(37)33(18-27(35)36)31(41)40-25/h3-4,8-13,16-17,24H,5-7,14-15,18H2,1-2H3,(H-,35,36,38,39)/p+1/b19-10+,25-17-,26-13+. The van der Waals surface area contributed by atoms with E-state index in [0.29, 0.717) is 10.9 Å². The quantitative estimate of drug-likeness (QED) is 0.284. The van der Waals surface area contributed by atoms with E-state index in [1.54, 1.807) is 6.08 Å². The molecule has 1 aliphatic carbocycles. The number of thiocarbonyl (C=S) groups is 1. The van der Waals surface area contributed by atoms with Crippen LogP contribution >= 0.6 is 12.2 Å². The van der Waals surface area contributed by atoms with Crippen molar-refractivity contribution in [3.8, 4) is 0 Å². The molecular formula is C32H31N2O6S+. The lowest BCUT2D eigenvalue weighted by Gasteiger charge is -2.49. The molecule has 3 aliphatic heterocycles. The summed E-state index contributed by atoms with van der Waals surface area (Å²) in [7, 11) is 0. The molecule has 2 aromatic rings. The first-order valence-electron chi connectivity index (χ1n) is 13.8. The first-order valence-corrected chi connectivity index (χ1v) is 14.2. The van der Waals surface area contributed by atoms with Crippen molar-refractivity contribution in [3.63, 3.8) is 0 Å². The summed E-state index contributed by atoms with van der Waals surface area (Å²) in [6.07, 6.45) is 10.9. The van der Waals surface area contributed by atoms with E-state index < -0.39 is 35.8 Å². The van der Waals surface area contributed by atoms with Crippen molar-refractivity contribution in [1.29, 1.82) is 0 Å². The van der Waals surface area contributed by atoms with Crippen LogP contribution in [0.15, 0.2) is 83.3 Å². The van der Waals surface area contributed by atoms with Crippen LogP contribution in [0, 0.1) is 0 Å². The van der Waals surface area contributed by atoms with E-state index in [4.69, 9.17) is 22.1 Å². The molecule has 2 unspecified atom stereocenters. The summed E-state index contributed by atoms with van der Waals surface area (Å²) in [6.45, 7) is 4.57. The molecule has 1 spiro atoms. The van der Waals surface area contributed by atoms with E-state index in [9.17, 15) is 19.5 Å². The lowest BCUT2D eigenvalue weighted by atomic mass is 9.80. The molecule has 2 fully saturated rings. The molecule has 0 bridgehead atoms. The van der Waals surface area contributed by atoms with Gasteiger partial charge in [-0.1, -0.05) is 36.4 Å². The van der Waals surface area contributed by atoms with Gasteiger partial charge in [-0.15, -0.1) is 0 Å². The summed E-state index contributed by atoms with van der Waals surface area (Å²) >= 11 is 5.05. The lowest BCUT2D eigenvalue weighted by molar-refractivity contribution is -0.146. The Hall–Kier alpha value is -4.08. The Bertz CT molecular complexity index is 1670. The Morgan fingerprint density at radius 2 is 1.93 bits per heavy atom. The van der Waals surface area contributed by atoms with E-state index in [1.165, 1.54) is 5.56 Å². The average molecular weight is 572 g/mol. The SMILES string of the molecule is CC1(C)/C(=C\C=C2C=C(/C=C3\OC(=S)N(CC(=O)O)C3=O)CCC\2)[N+]2(CCC2C(=O)O)c2ccc3ccccc3c21. The van der Waals surface area contributed by atoms with Crippen LogP contribution in [0.5, 0.6) is 0 Å². The first kappa shape index (κ1) is 27.1. The van der Waals surface area contributed by atoms with Gasteiger partial charge in [-0.05, 0) is 85.5 Å². The van der Waals surface area contributed by atoms with E-state index in [-0.39, 0.29) is 10.9 Å². The fourth-order valence-electron chi connectivity index (χ4n) is 7.00. The number of amides is 1. The number of rotatable bonds is 5. The number of carbonyl (C=O) groups is 3. The zero-order chi connectivity index (χ0) is 29.1. The normalized spacial score (nSPS) is 27.9.